The van der Waals surface area contributed by atoms with Crippen LogP contribution >= 0.6 is 0 Å². The summed E-state index contributed by atoms with van der Waals surface area (Å²) in [6.45, 7) is 0.443. The zero-order valence-electron chi connectivity index (χ0n) is 10.9. The molecule has 0 aliphatic rings. The van der Waals surface area contributed by atoms with Gasteiger partial charge in [0.2, 0.25) is 5.91 Å². The van der Waals surface area contributed by atoms with Crippen LogP contribution < -0.4 is 5.32 Å². The van der Waals surface area contributed by atoms with Gasteiger partial charge < -0.3 is 5.32 Å². The second kappa shape index (κ2) is 6.80. The maximum absolute atomic E-state index is 13.4. The Bertz CT molecular complexity index is 581. The van der Waals surface area contributed by atoms with Crippen molar-refractivity contribution in [2.45, 2.75) is 12.8 Å². The van der Waals surface area contributed by atoms with Crippen molar-refractivity contribution in [2.75, 3.05) is 6.54 Å². The molecular weight excluding hydrogens is 260 g/mol. The topological polar surface area (TPSA) is 29.1 Å². The molecule has 0 bridgehead atoms. The van der Waals surface area contributed by atoms with Crippen LogP contribution in [0.25, 0.3) is 0 Å². The largest absolute Gasteiger partial charge is 0.355 e. The maximum atomic E-state index is 13.4. The third-order valence-electron chi connectivity index (χ3n) is 2.96. The third-order valence-corrected chi connectivity index (χ3v) is 2.96. The fourth-order valence-electron chi connectivity index (χ4n) is 1.87. The lowest BCUT2D eigenvalue weighted by atomic mass is 10.1. The smallest absolute Gasteiger partial charge is 0.224 e. The predicted octanol–water partition coefficient (Wildman–Crippen LogP) is 2.87. The number of halogens is 2. The standard InChI is InChI=1S/C16H15F2NO/c17-14-7-5-12(6-8-14)9-10-19-16(20)11-13-3-1-2-4-15(13)18/h1-8H,9-11H2,(H,19,20). The van der Waals surface area contributed by atoms with Gasteiger partial charge >= 0.3 is 0 Å². The highest BCUT2D eigenvalue weighted by Crippen LogP contribution is 2.07. The van der Waals surface area contributed by atoms with Crippen molar-refractivity contribution in [2.24, 2.45) is 0 Å². The van der Waals surface area contributed by atoms with Crippen LogP contribution in [0, 0.1) is 11.6 Å². The summed E-state index contributed by atoms with van der Waals surface area (Å²) in [7, 11) is 0. The number of amides is 1. The van der Waals surface area contributed by atoms with Gasteiger partial charge in [-0.05, 0) is 35.7 Å². The van der Waals surface area contributed by atoms with Gasteiger partial charge in [0.25, 0.3) is 0 Å². The van der Waals surface area contributed by atoms with Crippen LogP contribution in [-0.2, 0) is 17.6 Å². The summed E-state index contributed by atoms with van der Waals surface area (Å²) in [5.74, 6) is -0.879. The average Bonchev–Trinajstić information content (AvgIpc) is 2.44. The lowest BCUT2D eigenvalue weighted by Crippen LogP contribution is -2.27. The summed E-state index contributed by atoms with van der Waals surface area (Å²) in [6, 6.07) is 12.3. The van der Waals surface area contributed by atoms with Crippen molar-refractivity contribution in [3.63, 3.8) is 0 Å². The van der Waals surface area contributed by atoms with E-state index in [9.17, 15) is 13.6 Å². The van der Waals surface area contributed by atoms with Gasteiger partial charge in [0.05, 0.1) is 6.42 Å². The predicted molar refractivity (Wildman–Crippen MR) is 73.2 cm³/mol. The maximum Gasteiger partial charge on any atom is 0.224 e. The lowest BCUT2D eigenvalue weighted by molar-refractivity contribution is -0.120. The molecule has 0 radical (unpaired) electrons. The molecule has 4 heteroatoms. The highest BCUT2D eigenvalue weighted by molar-refractivity contribution is 5.78. The molecule has 0 atom stereocenters. The average molecular weight is 275 g/mol. The van der Waals surface area contributed by atoms with Gasteiger partial charge in [0.15, 0.2) is 0 Å². The van der Waals surface area contributed by atoms with Gasteiger partial charge in [-0.15, -0.1) is 0 Å². The van der Waals surface area contributed by atoms with E-state index in [1.54, 1.807) is 30.3 Å². The van der Waals surface area contributed by atoms with Crippen molar-refractivity contribution < 1.29 is 13.6 Å². The van der Waals surface area contributed by atoms with Crippen LogP contribution in [-0.4, -0.2) is 12.5 Å². The normalized spacial score (nSPS) is 10.3. The van der Waals surface area contributed by atoms with Crippen molar-refractivity contribution in [3.05, 3.63) is 71.3 Å². The van der Waals surface area contributed by atoms with Gasteiger partial charge in [0, 0.05) is 6.54 Å². The Morgan fingerprint density at radius 1 is 1.00 bits per heavy atom. The van der Waals surface area contributed by atoms with E-state index in [1.165, 1.54) is 18.2 Å². The zero-order valence-corrected chi connectivity index (χ0v) is 10.9. The first-order valence-electron chi connectivity index (χ1n) is 6.40. The SMILES string of the molecule is O=C(Cc1ccccc1F)NCCc1ccc(F)cc1. The molecule has 20 heavy (non-hydrogen) atoms. The van der Waals surface area contributed by atoms with Crippen LogP contribution in [0.1, 0.15) is 11.1 Å². The van der Waals surface area contributed by atoms with Gasteiger partial charge in [-0.2, -0.15) is 0 Å². The minimum Gasteiger partial charge on any atom is -0.355 e. The summed E-state index contributed by atoms with van der Waals surface area (Å²) in [6.07, 6.45) is 0.638. The number of carbonyl (C=O) groups is 1. The third kappa shape index (κ3) is 4.16. The first kappa shape index (κ1) is 14.2. The molecule has 2 nitrogen and oxygen atoms in total. The molecule has 0 aliphatic heterocycles. The number of carbonyl (C=O) groups excluding carboxylic acids is 1. The molecule has 1 amide bonds. The van der Waals surface area contributed by atoms with E-state index in [2.05, 4.69) is 5.32 Å². The Morgan fingerprint density at radius 3 is 2.40 bits per heavy atom. The summed E-state index contributed by atoms with van der Waals surface area (Å²) in [5.41, 5.74) is 1.32. The quantitative estimate of drug-likeness (QED) is 0.893. The van der Waals surface area contributed by atoms with Crippen molar-refractivity contribution >= 4 is 5.91 Å². The number of benzene rings is 2. The number of rotatable bonds is 5. The van der Waals surface area contributed by atoms with Crippen LogP contribution in [0.3, 0.4) is 0 Å². The van der Waals surface area contributed by atoms with Gasteiger partial charge in [-0.3, -0.25) is 4.79 Å². The second-order valence-electron chi connectivity index (χ2n) is 4.49. The molecule has 2 aromatic rings. The van der Waals surface area contributed by atoms with Gasteiger partial charge in [-0.25, -0.2) is 8.78 Å². The van der Waals surface area contributed by atoms with Crippen LogP contribution in [0.5, 0.6) is 0 Å². The van der Waals surface area contributed by atoms with E-state index < -0.39 is 0 Å². The van der Waals surface area contributed by atoms with E-state index in [-0.39, 0.29) is 24.0 Å². The number of hydrogen-bond donors (Lipinski definition) is 1. The number of hydrogen-bond acceptors (Lipinski definition) is 1. The van der Waals surface area contributed by atoms with Crippen molar-refractivity contribution in [3.8, 4) is 0 Å². The Labute approximate surface area is 116 Å². The van der Waals surface area contributed by atoms with E-state index in [4.69, 9.17) is 0 Å². The molecule has 0 fully saturated rings. The van der Waals surface area contributed by atoms with E-state index in [0.29, 0.717) is 18.5 Å². The monoisotopic (exact) mass is 275 g/mol. The molecule has 2 rings (SSSR count). The summed E-state index contributed by atoms with van der Waals surface area (Å²) in [5, 5.41) is 2.72. The molecule has 0 aromatic heterocycles. The molecule has 0 saturated carbocycles. The second-order valence-corrected chi connectivity index (χ2v) is 4.49. The summed E-state index contributed by atoms with van der Waals surface area (Å²) < 4.78 is 26.1. The van der Waals surface area contributed by atoms with Gasteiger partial charge in [-0.1, -0.05) is 30.3 Å². The zero-order chi connectivity index (χ0) is 14.4. The Balaban J connectivity index is 1.78. The summed E-state index contributed by atoms with van der Waals surface area (Å²) >= 11 is 0. The lowest BCUT2D eigenvalue weighted by Gasteiger charge is -2.06. The molecule has 0 unspecified atom stereocenters. The fourth-order valence-corrected chi connectivity index (χ4v) is 1.87. The Morgan fingerprint density at radius 2 is 1.70 bits per heavy atom. The molecule has 0 spiro atoms. The van der Waals surface area contributed by atoms with Crippen LogP contribution in [0.15, 0.2) is 48.5 Å². The van der Waals surface area contributed by atoms with Crippen molar-refractivity contribution in [1.82, 2.24) is 5.32 Å². The van der Waals surface area contributed by atoms with Crippen LogP contribution in [0.4, 0.5) is 8.78 Å². The molecule has 0 heterocycles. The Kier molecular flexibility index (Phi) is 4.82. The van der Waals surface area contributed by atoms with Gasteiger partial charge in [0.1, 0.15) is 11.6 Å². The molecule has 0 aliphatic carbocycles. The highest BCUT2D eigenvalue weighted by Gasteiger charge is 2.06. The minimum absolute atomic E-state index is 0.0239. The molecule has 1 N–H and O–H groups in total. The molecule has 104 valence electrons. The van der Waals surface area contributed by atoms with E-state index >= 15 is 0 Å². The molecular formula is C16H15F2NO. The first-order chi connectivity index (χ1) is 9.65. The first-order valence-corrected chi connectivity index (χ1v) is 6.40. The fraction of sp³-hybridized carbons (Fsp3) is 0.188. The highest BCUT2D eigenvalue weighted by atomic mass is 19.1. The summed E-state index contributed by atoms with van der Waals surface area (Å²) in [4.78, 5) is 11.7. The van der Waals surface area contributed by atoms with Crippen molar-refractivity contribution in [1.29, 1.82) is 0 Å². The van der Waals surface area contributed by atoms with E-state index in [1.807, 2.05) is 0 Å². The Hall–Kier alpha value is -2.23. The van der Waals surface area contributed by atoms with E-state index in [0.717, 1.165) is 5.56 Å². The molecule has 2 aromatic carbocycles. The number of nitrogens with one attached hydrogen (secondary N) is 1. The van der Waals surface area contributed by atoms with Crippen LogP contribution in [0.2, 0.25) is 0 Å². The minimum atomic E-state index is -0.374. The molecule has 0 saturated heterocycles.